The number of nitro benzene ring substituents is 1. The van der Waals surface area contributed by atoms with Crippen molar-refractivity contribution in [1.29, 1.82) is 0 Å². The zero-order chi connectivity index (χ0) is 19.7. The number of aromatic nitrogens is 1. The van der Waals surface area contributed by atoms with Gasteiger partial charge in [0.15, 0.2) is 0 Å². The number of hydrogen-bond donors (Lipinski definition) is 0. The Morgan fingerprint density at radius 1 is 1.29 bits per heavy atom. The Kier molecular flexibility index (Phi) is 5.15. The third-order valence-electron chi connectivity index (χ3n) is 4.58. The third kappa shape index (κ3) is 3.79. The first kappa shape index (κ1) is 18.6. The van der Waals surface area contributed by atoms with Gasteiger partial charge in [-0.15, -0.1) is 11.3 Å². The lowest BCUT2D eigenvalue weighted by Gasteiger charge is -2.17. The molecule has 0 N–H and O–H groups in total. The van der Waals surface area contributed by atoms with Gasteiger partial charge in [0.2, 0.25) is 0 Å². The number of amides is 1. The van der Waals surface area contributed by atoms with E-state index in [2.05, 4.69) is 4.98 Å². The molecule has 0 atom stereocenters. The van der Waals surface area contributed by atoms with E-state index in [0.717, 1.165) is 26.9 Å². The molecule has 8 heteroatoms. The quantitative estimate of drug-likeness (QED) is 0.341. The number of hydrogen-bond acceptors (Lipinski definition) is 6. The Morgan fingerprint density at radius 3 is 2.75 bits per heavy atom. The van der Waals surface area contributed by atoms with Gasteiger partial charge in [0.1, 0.15) is 4.34 Å². The number of thiazole rings is 1. The van der Waals surface area contributed by atoms with Crippen LogP contribution < -0.4 is 4.90 Å². The summed E-state index contributed by atoms with van der Waals surface area (Å²) in [6, 6.07) is 12.3. The zero-order valence-electron chi connectivity index (χ0n) is 15.1. The summed E-state index contributed by atoms with van der Waals surface area (Å²) in [5.41, 5.74) is 4.33. The number of nitrogens with zero attached hydrogens (tertiary/aromatic N) is 3. The first-order chi connectivity index (χ1) is 13.5. The highest BCUT2D eigenvalue weighted by atomic mass is 32.2. The van der Waals surface area contributed by atoms with E-state index in [4.69, 9.17) is 0 Å². The largest absolute Gasteiger partial charge is 0.308 e. The molecule has 1 aliphatic heterocycles. The minimum Gasteiger partial charge on any atom is -0.308 e. The molecular formula is C20H17N3O3S2. The molecule has 0 bridgehead atoms. The van der Waals surface area contributed by atoms with Crippen LogP contribution in [-0.4, -0.2) is 22.4 Å². The number of benzene rings is 2. The molecule has 2 aromatic carbocycles. The van der Waals surface area contributed by atoms with E-state index in [1.165, 1.54) is 12.1 Å². The average molecular weight is 412 g/mol. The fourth-order valence-electron chi connectivity index (χ4n) is 3.14. The van der Waals surface area contributed by atoms with Crippen LogP contribution in [-0.2, 0) is 12.2 Å². The molecular weight excluding hydrogens is 394 g/mol. The summed E-state index contributed by atoms with van der Waals surface area (Å²) in [5, 5.41) is 13.1. The summed E-state index contributed by atoms with van der Waals surface area (Å²) in [6.07, 6.45) is 0.709. The molecule has 3 aromatic rings. The first-order valence-corrected chi connectivity index (χ1v) is 10.6. The number of carbonyl (C=O) groups is 1. The van der Waals surface area contributed by atoms with Crippen molar-refractivity contribution < 1.29 is 9.72 Å². The predicted octanol–water partition coefficient (Wildman–Crippen LogP) is 4.85. The molecule has 6 nitrogen and oxygen atoms in total. The molecule has 1 amide bonds. The number of fused-ring (bicyclic) bond motifs is 1. The molecule has 0 fully saturated rings. The topological polar surface area (TPSA) is 76.3 Å². The predicted molar refractivity (Wildman–Crippen MR) is 111 cm³/mol. The molecule has 0 spiro atoms. The van der Waals surface area contributed by atoms with E-state index in [1.54, 1.807) is 34.1 Å². The van der Waals surface area contributed by atoms with E-state index in [-0.39, 0.29) is 11.6 Å². The molecule has 2 heterocycles. The second-order valence-electron chi connectivity index (χ2n) is 6.52. The average Bonchev–Trinajstić information content (AvgIpc) is 3.31. The number of thioether (sulfide) groups is 1. The first-order valence-electron chi connectivity index (χ1n) is 8.74. The molecule has 142 valence electrons. The van der Waals surface area contributed by atoms with Crippen LogP contribution in [0.5, 0.6) is 0 Å². The lowest BCUT2D eigenvalue weighted by atomic mass is 10.1. The maximum absolute atomic E-state index is 12.9. The fraction of sp³-hybridized carbons (Fsp3) is 0.200. The highest BCUT2D eigenvalue weighted by Crippen LogP contribution is 2.33. The van der Waals surface area contributed by atoms with E-state index < -0.39 is 4.92 Å². The van der Waals surface area contributed by atoms with Gasteiger partial charge in [0.05, 0.1) is 10.6 Å². The van der Waals surface area contributed by atoms with Crippen LogP contribution >= 0.6 is 23.1 Å². The standard InChI is InChI=1S/C20H17N3O3S2/c1-13-11-27-20(21-13)28-12-14-2-4-16(5-3-14)19(24)22-9-8-15-6-7-17(23(25)26)10-18(15)22/h2-7,10-11H,8-9,12H2,1H3. The van der Waals surface area contributed by atoms with Crippen LogP contribution in [0.1, 0.15) is 27.2 Å². The van der Waals surface area contributed by atoms with E-state index >= 15 is 0 Å². The smallest absolute Gasteiger partial charge is 0.271 e. The van der Waals surface area contributed by atoms with Crippen molar-refractivity contribution in [1.82, 2.24) is 4.98 Å². The highest BCUT2D eigenvalue weighted by molar-refractivity contribution is 8.00. The summed E-state index contributed by atoms with van der Waals surface area (Å²) in [6.45, 7) is 2.52. The van der Waals surface area contributed by atoms with Gasteiger partial charge in [0.25, 0.3) is 11.6 Å². The summed E-state index contributed by atoms with van der Waals surface area (Å²) in [4.78, 5) is 29.6. The Morgan fingerprint density at radius 2 is 2.07 bits per heavy atom. The van der Waals surface area contributed by atoms with Crippen molar-refractivity contribution in [2.24, 2.45) is 0 Å². The van der Waals surface area contributed by atoms with Crippen LogP contribution in [0.3, 0.4) is 0 Å². The second kappa shape index (κ2) is 7.73. The summed E-state index contributed by atoms with van der Waals surface area (Å²) >= 11 is 3.31. The SMILES string of the molecule is Cc1csc(SCc2ccc(C(=O)N3CCc4ccc([N+](=O)[O-])cc43)cc2)n1. The molecule has 0 radical (unpaired) electrons. The van der Waals surface area contributed by atoms with Crippen LogP contribution in [0, 0.1) is 17.0 Å². The van der Waals surface area contributed by atoms with Crippen molar-refractivity contribution in [3.05, 3.63) is 80.3 Å². The van der Waals surface area contributed by atoms with E-state index in [9.17, 15) is 14.9 Å². The normalized spacial score (nSPS) is 12.8. The van der Waals surface area contributed by atoms with Crippen LogP contribution in [0.2, 0.25) is 0 Å². The van der Waals surface area contributed by atoms with Crippen molar-refractivity contribution in [3.63, 3.8) is 0 Å². The third-order valence-corrected chi connectivity index (χ3v) is 6.79. The molecule has 1 aliphatic rings. The molecule has 1 aromatic heterocycles. The van der Waals surface area contributed by atoms with Gasteiger partial charge in [-0.25, -0.2) is 4.98 Å². The van der Waals surface area contributed by atoms with E-state index in [1.807, 2.05) is 36.6 Å². The monoisotopic (exact) mass is 411 g/mol. The van der Waals surface area contributed by atoms with Gasteiger partial charge in [-0.3, -0.25) is 14.9 Å². The van der Waals surface area contributed by atoms with Gasteiger partial charge in [-0.2, -0.15) is 0 Å². The lowest BCUT2D eigenvalue weighted by molar-refractivity contribution is -0.384. The van der Waals surface area contributed by atoms with Gasteiger partial charge >= 0.3 is 0 Å². The number of aryl methyl sites for hydroxylation is 1. The second-order valence-corrected chi connectivity index (χ2v) is 8.60. The molecule has 0 saturated heterocycles. The number of nitro groups is 1. The highest BCUT2D eigenvalue weighted by Gasteiger charge is 2.27. The molecule has 4 rings (SSSR count). The van der Waals surface area contributed by atoms with Crippen molar-refractivity contribution >= 4 is 40.4 Å². The number of non-ortho nitro benzene ring substituents is 1. The molecule has 0 aliphatic carbocycles. The van der Waals surface area contributed by atoms with Gasteiger partial charge < -0.3 is 4.90 Å². The Bertz CT molecular complexity index is 1050. The van der Waals surface area contributed by atoms with Crippen LogP contribution in [0.15, 0.2) is 52.2 Å². The maximum Gasteiger partial charge on any atom is 0.271 e. The molecule has 0 unspecified atom stereocenters. The zero-order valence-corrected chi connectivity index (χ0v) is 16.8. The number of carbonyl (C=O) groups excluding carboxylic acids is 1. The minimum atomic E-state index is -0.433. The lowest BCUT2D eigenvalue weighted by Crippen LogP contribution is -2.28. The van der Waals surface area contributed by atoms with Crippen molar-refractivity contribution in [2.75, 3.05) is 11.4 Å². The Labute approximate surface area is 170 Å². The Balaban J connectivity index is 1.47. The maximum atomic E-state index is 12.9. The van der Waals surface area contributed by atoms with Gasteiger partial charge in [-0.05, 0) is 36.6 Å². The minimum absolute atomic E-state index is 0.00301. The summed E-state index contributed by atoms with van der Waals surface area (Å²) < 4.78 is 1.04. The number of anilines is 1. The van der Waals surface area contributed by atoms with Crippen molar-refractivity contribution in [3.8, 4) is 0 Å². The summed E-state index contributed by atoms with van der Waals surface area (Å²) in [7, 11) is 0. The summed E-state index contributed by atoms with van der Waals surface area (Å²) in [5.74, 6) is 0.661. The van der Waals surface area contributed by atoms with Crippen LogP contribution in [0.25, 0.3) is 0 Å². The number of rotatable bonds is 5. The van der Waals surface area contributed by atoms with E-state index in [0.29, 0.717) is 24.2 Å². The Hall–Kier alpha value is -2.71. The van der Waals surface area contributed by atoms with Gasteiger partial charge in [-0.1, -0.05) is 30.0 Å². The fourth-order valence-corrected chi connectivity index (χ4v) is 4.94. The van der Waals surface area contributed by atoms with Crippen LogP contribution in [0.4, 0.5) is 11.4 Å². The molecule has 28 heavy (non-hydrogen) atoms. The molecule has 0 saturated carbocycles. The van der Waals surface area contributed by atoms with Gasteiger partial charge in [0, 0.05) is 41.1 Å². The van der Waals surface area contributed by atoms with Crippen molar-refractivity contribution in [2.45, 2.75) is 23.4 Å².